The molecule has 0 atom stereocenters. The lowest BCUT2D eigenvalue weighted by atomic mass is 9.79. The van der Waals surface area contributed by atoms with Gasteiger partial charge in [-0.3, -0.25) is 9.69 Å². The molecule has 0 saturated heterocycles. The molecule has 0 spiro atoms. The van der Waals surface area contributed by atoms with E-state index in [1.165, 1.54) is 0 Å². The summed E-state index contributed by atoms with van der Waals surface area (Å²) in [7, 11) is 0. The number of carboxylic acids is 1. The van der Waals surface area contributed by atoms with Crippen LogP contribution in [-0.2, 0) is 4.79 Å². The van der Waals surface area contributed by atoms with Gasteiger partial charge in [-0.2, -0.15) is 13.2 Å². The van der Waals surface area contributed by atoms with Crippen molar-refractivity contribution >= 4 is 5.97 Å². The van der Waals surface area contributed by atoms with Gasteiger partial charge >= 0.3 is 12.1 Å². The smallest absolute Gasteiger partial charge is 0.401 e. The van der Waals surface area contributed by atoms with E-state index in [1.54, 1.807) is 0 Å². The summed E-state index contributed by atoms with van der Waals surface area (Å²) >= 11 is 0. The fourth-order valence-electron chi connectivity index (χ4n) is 2.85. The molecule has 0 unspecified atom stereocenters. The van der Waals surface area contributed by atoms with Crippen molar-refractivity contribution in [2.75, 3.05) is 13.1 Å². The van der Waals surface area contributed by atoms with Crippen molar-refractivity contribution in [3.05, 3.63) is 0 Å². The van der Waals surface area contributed by atoms with Crippen molar-refractivity contribution in [3.63, 3.8) is 0 Å². The van der Waals surface area contributed by atoms with Crippen LogP contribution in [0.1, 0.15) is 39.5 Å². The second-order valence-electron chi connectivity index (χ2n) is 5.73. The topological polar surface area (TPSA) is 40.5 Å². The maximum Gasteiger partial charge on any atom is 0.401 e. The highest BCUT2D eigenvalue weighted by atomic mass is 19.4. The largest absolute Gasteiger partial charge is 0.480 e. The highest BCUT2D eigenvalue weighted by molar-refractivity contribution is 5.69. The second-order valence-corrected chi connectivity index (χ2v) is 5.73. The number of nitrogens with zero attached hydrogens (tertiary/aromatic N) is 1. The monoisotopic (exact) mass is 281 g/mol. The van der Waals surface area contributed by atoms with Crippen molar-refractivity contribution < 1.29 is 23.1 Å². The van der Waals surface area contributed by atoms with Crippen molar-refractivity contribution in [2.45, 2.75) is 51.7 Å². The molecule has 0 amide bonds. The van der Waals surface area contributed by atoms with E-state index in [1.807, 2.05) is 0 Å². The molecule has 0 aromatic rings. The standard InChI is InChI=1S/C13H22F3NO2/c1-9(2)10-3-5-11(6-4-10)17(7-12(18)19)8-13(14,15)16/h9-11H,3-8H2,1-2H3,(H,18,19). The lowest BCUT2D eigenvalue weighted by Gasteiger charge is -2.37. The molecule has 0 heterocycles. The van der Waals surface area contributed by atoms with Gasteiger partial charge in [0.1, 0.15) is 0 Å². The second kappa shape index (κ2) is 6.59. The quantitative estimate of drug-likeness (QED) is 0.841. The molecule has 1 aliphatic rings. The first-order valence-electron chi connectivity index (χ1n) is 6.71. The molecule has 1 N–H and O–H groups in total. The van der Waals surface area contributed by atoms with E-state index in [4.69, 9.17) is 5.11 Å². The lowest BCUT2D eigenvalue weighted by Crippen LogP contribution is -2.46. The van der Waals surface area contributed by atoms with Crippen LogP contribution < -0.4 is 0 Å². The van der Waals surface area contributed by atoms with Crippen LogP contribution in [0, 0.1) is 11.8 Å². The molecular formula is C13H22F3NO2. The van der Waals surface area contributed by atoms with E-state index in [2.05, 4.69) is 13.8 Å². The predicted octanol–water partition coefficient (Wildman–Crippen LogP) is 3.15. The minimum atomic E-state index is -4.34. The molecule has 1 rings (SSSR count). The maximum absolute atomic E-state index is 12.5. The van der Waals surface area contributed by atoms with Gasteiger partial charge in [-0.1, -0.05) is 13.8 Å². The summed E-state index contributed by atoms with van der Waals surface area (Å²) in [5.74, 6) is -0.111. The Balaban J connectivity index is 2.59. The third-order valence-electron chi connectivity index (χ3n) is 3.92. The molecule has 0 radical (unpaired) electrons. The van der Waals surface area contributed by atoms with Gasteiger partial charge in [-0.25, -0.2) is 0 Å². The van der Waals surface area contributed by atoms with Crippen LogP contribution >= 0.6 is 0 Å². The van der Waals surface area contributed by atoms with Gasteiger partial charge in [0.05, 0.1) is 13.1 Å². The zero-order valence-electron chi connectivity index (χ0n) is 11.4. The first-order chi connectivity index (χ1) is 8.69. The maximum atomic E-state index is 12.5. The molecule has 3 nitrogen and oxygen atoms in total. The summed E-state index contributed by atoms with van der Waals surface area (Å²) in [6, 6.07) is -0.257. The van der Waals surface area contributed by atoms with Crippen LogP contribution in [0.2, 0.25) is 0 Å². The summed E-state index contributed by atoms with van der Waals surface area (Å²) < 4.78 is 37.4. The van der Waals surface area contributed by atoms with Crippen molar-refractivity contribution in [2.24, 2.45) is 11.8 Å². The predicted molar refractivity (Wildman–Crippen MR) is 65.8 cm³/mol. The van der Waals surface area contributed by atoms with Crippen LogP contribution in [-0.4, -0.2) is 41.3 Å². The average Bonchev–Trinajstić information content (AvgIpc) is 2.25. The van der Waals surface area contributed by atoms with Crippen LogP contribution in [0.15, 0.2) is 0 Å². The lowest BCUT2D eigenvalue weighted by molar-refractivity contribution is -0.159. The molecule has 1 aliphatic carbocycles. The Kier molecular flexibility index (Phi) is 5.64. The number of hydrogen-bond donors (Lipinski definition) is 1. The van der Waals surface area contributed by atoms with Gasteiger partial charge in [-0.05, 0) is 37.5 Å². The van der Waals surface area contributed by atoms with Gasteiger partial charge in [0.2, 0.25) is 0 Å². The Hall–Kier alpha value is -0.780. The van der Waals surface area contributed by atoms with Crippen molar-refractivity contribution in [1.29, 1.82) is 0 Å². The van der Waals surface area contributed by atoms with E-state index in [9.17, 15) is 18.0 Å². The van der Waals surface area contributed by atoms with E-state index >= 15 is 0 Å². The fourth-order valence-corrected chi connectivity index (χ4v) is 2.85. The Morgan fingerprint density at radius 2 is 1.79 bits per heavy atom. The Bertz CT molecular complexity index is 297. The molecule has 0 aromatic heterocycles. The SMILES string of the molecule is CC(C)C1CCC(N(CC(=O)O)CC(F)(F)F)CC1. The Morgan fingerprint density at radius 1 is 1.26 bits per heavy atom. The average molecular weight is 281 g/mol. The Labute approximate surface area is 111 Å². The molecule has 1 saturated carbocycles. The molecule has 19 heavy (non-hydrogen) atoms. The zero-order chi connectivity index (χ0) is 14.6. The Morgan fingerprint density at radius 3 is 2.16 bits per heavy atom. The third kappa shape index (κ3) is 5.80. The number of rotatable bonds is 5. The van der Waals surface area contributed by atoms with E-state index in [-0.39, 0.29) is 6.04 Å². The summed E-state index contributed by atoms with van der Waals surface area (Å²) in [5.41, 5.74) is 0. The number of carboxylic acid groups (broad SMARTS) is 1. The fraction of sp³-hybridized carbons (Fsp3) is 0.923. The molecule has 0 aliphatic heterocycles. The minimum Gasteiger partial charge on any atom is -0.480 e. The summed E-state index contributed by atoms with van der Waals surface area (Å²) in [5, 5.41) is 8.74. The van der Waals surface area contributed by atoms with Crippen LogP contribution in [0.3, 0.4) is 0 Å². The normalized spacial score (nSPS) is 25.0. The van der Waals surface area contributed by atoms with Gasteiger partial charge < -0.3 is 5.11 Å². The van der Waals surface area contributed by atoms with Gasteiger partial charge in [-0.15, -0.1) is 0 Å². The third-order valence-corrected chi connectivity index (χ3v) is 3.92. The zero-order valence-corrected chi connectivity index (χ0v) is 11.4. The van der Waals surface area contributed by atoms with Gasteiger partial charge in [0.15, 0.2) is 0 Å². The van der Waals surface area contributed by atoms with Crippen LogP contribution in [0.25, 0.3) is 0 Å². The first kappa shape index (κ1) is 16.3. The highest BCUT2D eigenvalue weighted by Gasteiger charge is 2.36. The summed E-state index contributed by atoms with van der Waals surface area (Å²) in [6.07, 6.45) is -1.25. The molecule has 0 aromatic carbocycles. The number of alkyl halides is 3. The van der Waals surface area contributed by atoms with Crippen LogP contribution in [0.4, 0.5) is 13.2 Å². The van der Waals surface area contributed by atoms with E-state index in [0.717, 1.165) is 17.7 Å². The highest BCUT2D eigenvalue weighted by Crippen LogP contribution is 2.33. The van der Waals surface area contributed by atoms with Crippen LogP contribution in [0.5, 0.6) is 0 Å². The van der Waals surface area contributed by atoms with E-state index in [0.29, 0.717) is 24.7 Å². The summed E-state index contributed by atoms with van der Waals surface area (Å²) in [6.45, 7) is 2.58. The van der Waals surface area contributed by atoms with E-state index < -0.39 is 25.2 Å². The van der Waals surface area contributed by atoms with Crippen molar-refractivity contribution in [1.82, 2.24) is 4.90 Å². The minimum absolute atomic E-state index is 0.257. The molecule has 112 valence electrons. The number of halogens is 3. The first-order valence-corrected chi connectivity index (χ1v) is 6.71. The number of hydrogen-bond acceptors (Lipinski definition) is 2. The molecule has 6 heteroatoms. The number of carbonyl (C=O) groups is 1. The number of aliphatic carboxylic acids is 1. The van der Waals surface area contributed by atoms with Gasteiger partial charge in [0.25, 0.3) is 0 Å². The summed E-state index contributed by atoms with van der Waals surface area (Å²) in [4.78, 5) is 11.8. The molecular weight excluding hydrogens is 259 g/mol. The van der Waals surface area contributed by atoms with Crippen molar-refractivity contribution in [3.8, 4) is 0 Å². The molecule has 0 bridgehead atoms. The van der Waals surface area contributed by atoms with Gasteiger partial charge in [0, 0.05) is 6.04 Å². The molecule has 1 fully saturated rings.